The highest BCUT2D eigenvalue weighted by molar-refractivity contribution is 9.08. The van der Waals surface area contributed by atoms with Crippen LogP contribution < -0.4 is 0 Å². The van der Waals surface area contributed by atoms with Crippen LogP contribution >= 0.6 is 15.9 Å². The highest BCUT2D eigenvalue weighted by Crippen LogP contribution is 2.06. The van der Waals surface area contributed by atoms with E-state index in [9.17, 15) is 0 Å². The SMILES string of the molecule is BrCc1cn(Cc2ccco2)cn1. The molecule has 4 heteroatoms. The Bertz CT molecular complexity index is 367. The van der Waals surface area contributed by atoms with E-state index in [-0.39, 0.29) is 0 Å². The summed E-state index contributed by atoms with van der Waals surface area (Å²) in [4.78, 5) is 4.19. The third-order valence-corrected chi connectivity index (χ3v) is 2.32. The monoisotopic (exact) mass is 240 g/mol. The fourth-order valence-electron chi connectivity index (χ4n) is 1.14. The van der Waals surface area contributed by atoms with E-state index in [1.807, 2.05) is 22.9 Å². The minimum Gasteiger partial charge on any atom is -0.467 e. The summed E-state index contributed by atoms with van der Waals surface area (Å²) in [6.45, 7) is 0.743. The molecule has 0 atom stereocenters. The molecule has 0 radical (unpaired) electrons. The Balaban J connectivity index is 2.10. The van der Waals surface area contributed by atoms with Gasteiger partial charge in [-0.25, -0.2) is 4.98 Å². The number of aromatic nitrogens is 2. The molecule has 0 aliphatic carbocycles. The zero-order valence-corrected chi connectivity index (χ0v) is 8.57. The molecule has 0 aliphatic rings. The Hall–Kier alpha value is -1.03. The van der Waals surface area contributed by atoms with E-state index in [1.165, 1.54) is 0 Å². The predicted molar refractivity (Wildman–Crippen MR) is 52.7 cm³/mol. The highest BCUT2D eigenvalue weighted by atomic mass is 79.9. The number of imidazole rings is 1. The van der Waals surface area contributed by atoms with Crippen molar-refractivity contribution in [1.82, 2.24) is 9.55 Å². The van der Waals surface area contributed by atoms with Gasteiger partial charge in [0.2, 0.25) is 0 Å². The molecule has 0 spiro atoms. The molecule has 0 aliphatic heterocycles. The number of hydrogen-bond donors (Lipinski definition) is 0. The summed E-state index contributed by atoms with van der Waals surface area (Å²) in [6, 6.07) is 3.84. The fraction of sp³-hybridized carbons (Fsp3) is 0.222. The number of hydrogen-bond acceptors (Lipinski definition) is 2. The van der Waals surface area contributed by atoms with E-state index in [1.54, 1.807) is 12.6 Å². The summed E-state index contributed by atoms with van der Waals surface area (Å²) >= 11 is 3.35. The molecule has 0 N–H and O–H groups in total. The van der Waals surface area contributed by atoms with E-state index in [4.69, 9.17) is 4.42 Å². The van der Waals surface area contributed by atoms with Crippen molar-refractivity contribution in [2.75, 3.05) is 0 Å². The van der Waals surface area contributed by atoms with Crippen LogP contribution in [0.1, 0.15) is 11.5 Å². The maximum absolute atomic E-state index is 5.22. The average molecular weight is 241 g/mol. The first-order chi connectivity index (χ1) is 6.38. The zero-order valence-electron chi connectivity index (χ0n) is 6.98. The molecule has 13 heavy (non-hydrogen) atoms. The predicted octanol–water partition coefficient (Wildman–Crippen LogP) is 2.42. The van der Waals surface area contributed by atoms with Gasteiger partial charge in [0.15, 0.2) is 0 Å². The molecule has 3 nitrogen and oxygen atoms in total. The lowest BCUT2D eigenvalue weighted by atomic mass is 10.4. The third kappa shape index (κ3) is 2.01. The van der Waals surface area contributed by atoms with Crippen molar-refractivity contribution in [3.8, 4) is 0 Å². The van der Waals surface area contributed by atoms with Crippen LogP contribution in [0.25, 0.3) is 0 Å². The standard InChI is InChI=1S/C9H9BrN2O/c10-4-8-5-12(7-11-8)6-9-2-1-3-13-9/h1-3,5,7H,4,6H2. The summed E-state index contributed by atoms with van der Waals surface area (Å²) < 4.78 is 7.22. The fourth-order valence-corrected chi connectivity index (χ4v) is 1.43. The van der Waals surface area contributed by atoms with Crippen molar-refractivity contribution in [3.05, 3.63) is 42.4 Å². The molecule has 0 bridgehead atoms. The van der Waals surface area contributed by atoms with Gasteiger partial charge in [0, 0.05) is 11.5 Å². The molecule has 0 amide bonds. The lowest BCUT2D eigenvalue weighted by Gasteiger charge is -1.96. The second-order valence-electron chi connectivity index (χ2n) is 2.75. The Labute approximate surface area is 84.5 Å². The number of halogens is 1. The van der Waals surface area contributed by atoms with Gasteiger partial charge < -0.3 is 8.98 Å². The first-order valence-corrected chi connectivity index (χ1v) is 5.09. The molecular weight excluding hydrogens is 232 g/mol. The van der Waals surface area contributed by atoms with Gasteiger partial charge in [-0.3, -0.25) is 0 Å². The van der Waals surface area contributed by atoms with Crippen molar-refractivity contribution < 1.29 is 4.42 Å². The molecule has 0 unspecified atom stereocenters. The van der Waals surface area contributed by atoms with Gasteiger partial charge in [0.05, 0.1) is 24.8 Å². The topological polar surface area (TPSA) is 31.0 Å². The van der Waals surface area contributed by atoms with Gasteiger partial charge in [0.25, 0.3) is 0 Å². The molecule has 0 saturated heterocycles. The van der Waals surface area contributed by atoms with Crippen molar-refractivity contribution >= 4 is 15.9 Å². The van der Waals surface area contributed by atoms with E-state index < -0.39 is 0 Å². The van der Waals surface area contributed by atoms with Crippen LogP contribution in [0, 0.1) is 0 Å². The van der Waals surface area contributed by atoms with Crippen LogP contribution in [0.4, 0.5) is 0 Å². The molecule has 2 aromatic heterocycles. The van der Waals surface area contributed by atoms with Crippen LogP contribution in [0.15, 0.2) is 35.3 Å². The Morgan fingerprint density at radius 2 is 2.46 bits per heavy atom. The summed E-state index contributed by atoms with van der Waals surface area (Å²) in [7, 11) is 0. The third-order valence-electron chi connectivity index (χ3n) is 1.74. The number of furan rings is 1. The number of alkyl halides is 1. The van der Waals surface area contributed by atoms with Gasteiger partial charge >= 0.3 is 0 Å². The highest BCUT2D eigenvalue weighted by Gasteiger charge is 1.99. The maximum Gasteiger partial charge on any atom is 0.123 e. The number of rotatable bonds is 3. The van der Waals surface area contributed by atoms with Gasteiger partial charge in [0.1, 0.15) is 5.76 Å². The van der Waals surface area contributed by atoms with Crippen molar-refractivity contribution in [1.29, 1.82) is 0 Å². The molecule has 0 aromatic carbocycles. The molecule has 0 fully saturated rings. The minimum atomic E-state index is 0.743. The van der Waals surface area contributed by atoms with E-state index >= 15 is 0 Å². The lowest BCUT2D eigenvalue weighted by molar-refractivity contribution is 0.493. The minimum absolute atomic E-state index is 0.743. The molecule has 2 rings (SSSR count). The molecule has 2 aromatic rings. The molecule has 0 saturated carbocycles. The van der Waals surface area contributed by atoms with Gasteiger partial charge in [-0.1, -0.05) is 15.9 Å². The smallest absolute Gasteiger partial charge is 0.123 e. The first-order valence-electron chi connectivity index (χ1n) is 3.97. The zero-order chi connectivity index (χ0) is 9.10. The summed E-state index contributed by atoms with van der Waals surface area (Å²) in [5.41, 5.74) is 1.03. The van der Waals surface area contributed by atoms with E-state index in [2.05, 4.69) is 20.9 Å². The first kappa shape index (κ1) is 8.56. The van der Waals surface area contributed by atoms with Crippen LogP contribution in [0.5, 0.6) is 0 Å². The van der Waals surface area contributed by atoms with Crippen LogP contribution in [-0.4, -0.2) is 9.55 Å². The Morgan fingerprint density at radius 1 is 1.54 bits per heavy atom. The van der Waals surface area contributed by atoms with Crippen molar-refractivity contribution in [3.63, 3.8) is 0 Å². The lowest BCUT2D eigenvalue weighted by Crippen LogP contribution is -1.93. The quantitative estimate of drug-likeness (QED) is 0.772. The summed E-state index contributed by atoms with van der Waals surface area (Å²) in [5, 5.41) is 0.790. The van der Waals surface area contributed by atoms with Crippen LogP contribution in [-0.2, 0) is 11.9 Å². The van der Waals surface area contributed by atoms with Crippen LogP contribution in [0.2, 0.25) is 0 Å². The normalized spacial score (nSPS) is 10.5. The maximum atomic E-state index is 5.22. The second kappa shape index (κ2) is 3.79. The second-order valence-corrected chi connectivity index (χ2v) is 3.31. The van der Waals surface area contributed by atoms with Crippen molar-refractivity contribution in [2.24, 2.45) is 0 Å². The van der Waals surface area contributed by atoms with E-state index in [0.29, 0.717) is 0 Å². The van der Waals surface area contributed by atoms with Crippen LogP contribution in [0.3, 0.4) is 0 Å². The van der Waals surface area contributed by atoms with Gasteiger partial charge in [-0.15, -0.1) is 0 Å². The Kier molecular flexibility index (Phi) is 2.49. The molecule has 2 heterocycles. The van der Waals surface area contributed by atoms with Crippen molar-refractivity contribution in [2.45, 2.75) is 11.9 Å². The number of nitrogens with zero attached hydrogens (tertiary/aromatic N) is 2. The summed E-state index contributed by atoms with van der Waals surface area (Å²) in [6.07, 6.45) is 5.48. The van der Waals surface area contributed by atoms with E-state index in [0.717, 1.165) is 23.3 Å². The van der Waals surface area contributed by atoms with Gasteiger partial charge in [-0.2, -0.15) is 0 Å². The summed E-state index contributed by atoms with van der Waals surface area (Å²) in [5.74, 6) is 0.943. The van der Waals surface area contributed by atoms with Gasteiger partial charge in [-0.05, 0) is 12.1 Å². The average Bonchev–Trinajstić information content (AvgIpc) is 2.76. The Morgan fingerprint density at radius 3 is 3.08 bits per heavy atom. The molecule has 68 valence electrons. The largest absolute Gasteiger partial charge is 0.467 e. The molecular formula is C9H9BrN2O.